The molecule has 0 radical (unpaired) electrons. The molecule has 26 heavy (non-hydrogen) atoms. The molecular formula is C18H28N4O4. The molecule has 0 aliphatic rings. The number of carbonyl (C=O) groups is 3. The Morgan fingerprint density at radius 3 is 2.23 bits per heavy atom. The van der Waals surface area contributed by atoms with Crippen molar-refractivity contribution in [3.8, 4) is 5.75 Å². The van der Waals surface area contributed by atoms with Crippen molar-refractivity contribution < 1.29 is 19.1 Å². The number of benzene rings is 1. The van der Waals surface area contributed by atoms with Gasteiger partial charge in [-0.2, -0.15) is 0 Å². The summed E-state index contributed by atoms with van der Waals surface area (Å²) in [7, 11) is 1.57. The summed E-state index contributed by atoms with van der Waals surface area (Å²) in [6, 6.07) is 6.44. The van der Waals surface area contributed by atoms with Gasteiger partial charge in [-0.15, -0.1) is 0 Å². The number of rotatable bonds is 9. The number of hydrogen-bond donors (Lipinski definition) is 3. The lowest BCUT2D eigenvalue weighted by atomic mass is 10.2. The summed E-state index contributed by atoms with van der Waals surface area (Å²) in [6.45, 7) is 6.75. The van der Waals surface area contributed by atoms with Gasteiger partial charge in [0.2, 0.25) is 11.8 Å². The van der Waals surface area contributed by atoms with Crippen LogP contribution in [0, 0.1) is 5.92 Å². The molecule has 0 spiro atoms. The van der Waals surface area contributed by atoms with Crippen LogP contribution in [0.15, 0.2) is 24.3 Å². The number of nitrogens with one attached hydrogen (secondary N) is 3. The van der Waals surface area contributed by atoms with Crippen molar-refractivity contribution >= 4 is 23.5 Å². The second-order valence-electron chi connectivity index (χ2n) is 6.23. The van der Waals surface area contributed by atoms with Crippen molar-refractivity contribution in [3.63, 3.8) is 0 Å². The zero-order chi connectivity index (χ0) is 19.5. The first-order valence-corrected chi connectivity index (χ1v) is 8.58. The highest BCUT2D eigenvalue weighted by Gasteiger charge is 2.15. The van der Waals surface area contributed by atoms with Gasteiger partial charge in [0, 0.05) is 12.2 Å². The van der Waals surface area contributed by atoms with Crippen LogP contribution < -0.4 is 20.7 Å². The van der Waals surface area contributed by atoms with Gasteiger partial charge in [0.25, 0.3) is 0 Å². The molecule has 4 amide bonds. The number of carbonyl (C=O) groups excluding carboxylic acids is 3. The zero-order valence-electron chi connectivity index (χ0n) is 15.8. The number of imide groups is 1. The second kappa shape index (κ2) is 11.1. The van der Waals surface area contributed by atoms with Gasteiger partial charge in [0.15, 0.2) is 0 Å². The lowest BCUT2D eigenvalue weighted by Crippen LogP contribution is -2.46. The van der Waals surface area contributed by atoms with E-state index in [0.29, 0.717) is 30.4 Å². The Labute approximate surface area is 154 Å². The summed E-state index contributed by atoms with van der Waals surface area (Å²) in [5, 5.41) is 7.63. The average molecular weight is 364 g/mol. The normalized spacial score (nSPS) is 10.5. The Morgan fingerprint density at radius 2 is 1.69 bits per heavy atom. The summed E-state index contributed by atoms with van der Waals surface area (Å²) in [6.07, 6.45) is 0. The summed E-state index contributed by atoms with van der Waals surface area (Å²) >= 11 is 0. The molecule has 0 saturated carbocycles. The van der Waals surface area contributed by atoms with Crippen molar-refractivity contribution in [3.05, 3.63) is 24.3 Å². The lowest BCUT2D eigenvalue weighted by Gasteiger charge is -2.19. The van der Waals surface area contributed by atoms with E-state index in [4.69, 9.17) is 4.74 Å². The maximum atomic E-state index is 12.1. The van der Waals surface area contributed by atoms with Crippen LogP contribution in [-0.4, -0.2) is 56.0 Å². The summed E-state index contributed by atoms with van der Waals surface area (Å²) < 4.78 is 5.06. The number of methoxy groups -OCH3 is 1. The molecule has 0 fully saturated rings. The van der Waals surface area contributed by atoms with Crippen LogP contribution >= 0.6 is 0 Å². The number of likely N-dealkylation sites (N-methyl/N-ethyl adjacent to an activating group) is 1. The number of urea groups is 1. The van der Waals surface area contributed by atoms with Crippen LogP contribution in [0.1, 0.15) is 20.8 Å². The Kier molecular flexibility index (Phi) is 9.14. The molecule has 1 aromatic rings. The Hall–Kier alpha value is -2.61. The minimum absolute atomic E-state index is 0.0400. The van der Waals surface area contributed by atoms with E-state index in [-0.39, 0.29) is 19.0 Å². The molecule has 1 rings (SSSR count). The van der Waals surface area contributed by atoms with Gasteiger partial charge in [-0.1, -0.05) is 20.8 Å². The van der Waals surface area contributed by atoms with E-state index in [0.717, 1.165) is 0 Å². The van der Waals surface area contributed by atoms with Crippen molar-refractivity contribution in [2.24, 2.45) is 5.92 Å². The fourth-order valence-electron chi connectivity index (χ4n) is 2.07. The van der Waals surface area contributed by atoms with Gasteiger partial charge >= 0.3 is 6.03 Å². The second-order valence-corrected chi connectivity index (χ2v) is 6.23. The molecule has 144 valence electrons. The molecule has 0 atom stereocenters. The van der Waals surface area contributed by atoms with Crippen LogP contribution in [0.4, 0.5) is 10.5 Å². The summed E-state index contributed by atoms with van der Waals surface area (Å²) in [5.74, 6) is 0.301. The Morgan fingerprint density at radius 1 is 1.08 bits per heavy atom. The molecule has 8 heteroatoms. The van der Waals surface area contributed by atoms with E-state index in [1.54, 1.807) is 36.3 Å². The molecule has 0 aliphatic heterocycles. The molecule has 0 aliphatic carbocycles. The van der Waals surface area contributed by atoms with E-state index < -0.39 is 11.9 Å². The number of amides is 4. The third-order valence-corrected chi connectivity index (χ3v) is 3.48. The largest absolute Gasteiger partial charge is 0.497 e. The van der Waals surface area contributed by atoms with Gasteiger partial charge in [0.05, 0.1) is 20.2 Å². The van der Waals surface area contributed by atoms with Gasteiger partial charge in [-0.25, -0.2) is 4.79 Å². The summed E-state index contributed by atoms with van der Waals surface area (Å²) in [5.41, 5.74) is 0.643. The Balaban J connectivity index is 2.43. The van der Waals surface area contributed by atoms with Crippen LogP contribution in [0.25, 0.3) is 0 Å². The van der Waals surface area contributed by atoms with Crippen LogP contribution in [0.3, 0.4) is 0 Å². The van der Waals surface area contributed by atoms with Crippen molar-refractivity contribution in [1.82, 2.24) is 15.5 Å². The molecule has 8 nitrogen and oxygen atoms in total. The molecule has 0 heterocycles. The molecule has 0 aromatic heterocycles. The third kappa shape index (κ3) is 8.48. The highest BCUT2D eigenvalue weighted by molar-refractivity contribution is 5.96. The van der Waals surface area contributed by atoms with Crippen molar-refractivity contribution in [2.45, 2.75) is 20.8 Å². The zero-order valence-corrected chi connectivity index (χ0v) is 15.8. The number of anilines is 1. The van der Waals surface area contributed by atoms with E-state index in [1.807, 2.05) is 20.8 Å². The number of nitrogens with zero attached hydrogens (tertiary/aromatic N) is 1. The van der Waals surface area contributed by atoms with Gasteiger partial charge in [0.1, 0.15) is 5.75 Å². The fraction of sp³-hybridized carbons (Fsp3) is 0.500. The standard InChI is InChI=1S/C18H28N4O4/c1-5-22(12-17(24)21-18(25)19-10-13(2)3)11-16(23)20-14-6-8-15(26-4)9-7-14/h6-9,13H,5,10-12H2,1-4H3,(H,20,23)(H2,19,21,24,25). The highest BCUT2D eigenvalue weighted by Crippen LogP contribution is 2.14. The third-order valence-electron chi connectivity index (χ3n) is 3.48. The fourth-order valence-corrected chi connectivity index (χ4v) is 2.07. The molecule has 0 unspecified atom stereocenters. The maximum absolute atomic E-state index is 12.1. The first-order chi connectivity index (χ1) is 12.3. The minimum Gasteiger partial charge on any atom is -0.497 e. The molecular weight excluding hydrogens is 336 g/mol. The van der Waals surface area contributed by atoms with E-state index in [9.17, 15) is 14.4 Å². The van der Waals surface area contributed by atoms with Gasteiger partial charge in [-0.3, -0.25) is 19.8 Å². The van der Waals surface area contributed by atoms with E-state index >= 15 is 0 Å². The SMILES string of the molecule is CCN(CC(=O)NC(=O)NCC(C)C)CC(=O)Nc1ccc(OC)cc1. The predicted molar refractivity (Wildman–Crippen MR) is 100 cm³/mol. The van der Waals surface area contributed by atoms with Gasteiger partial charge in [-0.05, 0) is 36.7 Å². The van der Waals surface area contributed by atoms with Crippen LogP contribution in [0.2, 0.25) is 0 Å². The first-order valence-electron chi connectivity index (χ1n) is 8.58. The first kappa shape index (κ1) is 21.4. The molecule has 1 aromatic carbocycles. The van der Waals surface area contributed by atoms with Gasteiger partial charge < -0.3 is 15.4 Å². The molecule has 0 bridgehead atoms. The monoisotopic (exact) mass is 364 g/mol. The van der Waals surface area contributed by atoms with E-state index in [2.05, 4.69) is 16.0 Å². The van der Waals surface area contributed by atoms with Crippen LogP contribution in [-0.2, 0) is 9.59 Å². The van der Waals surface area contributed by atoms with Crippen molar-refractivity contribution in [2.75, 3.05) is 38.6 Å². The number of ether oxygens (including phenoxy) is 1. The van der Waals surface area contributed by atoms with E-state index in [1.165, 1.54) is 0 Å². The average Bonchev–Trinajstić information content (AvgIpc) is 2.59. The lowest BCUT2D eigenvalue weighted by molar-refractivity contribution is -0.122. The highest BCUT2D eigenvalue weighted by atomic mass is 16.5. The molecule has 0 saturated heterocycles. The smallest absolute Gasteiger partial charge is 0.321 e. The number of hydrogen-bond acceptors (Lipinski definition) is 5. The quantitative estimate of drug-likeness (QED) is 0.616. The maximum Gasteiger partial charge on any atom is 0.321 e. The minimum atomic E-state index is -0.526. The van der Waals surface area contributed by atoms with Crippen molar-refractivity contribution in [1.29, 1.82) is 0 Å². The Bertz CT molecular complexity index is 602. The predicted octanol–water partition coefficient (Wildman–Crippen LogP) is 1.44. The summed E-state index contributed by atoms with van der Waals surface area (Å²) in [4.78, 5) is 37.3. The topological polar surface area (TPSA) is 99.8 Å². The molecule has 3 N–H and O–H groups in total. The van der Waals surface area contributed by atoms with Crippen LogP contribution in [0.5, 0.6) is 5.75 Å².